The molecule has 1 spiro atoms. The molecule has 1 saturated heterocycles. The zero-order chi connectivity index (χ0) is 27.3. The van der Waals surface area contributed by atoms with E-state index in [1.54, 1.807) is 0 Å². The van der Waals surface area contributed by atoms with E-state index in [1.807, 2.05) is 24.3 Å². The van der Waals surface area contributed by atoms with Gasteiger partial charge in [-0.3, -0.25) is 0 Å². The number of hydrogen-bond donors (Lipinski definition) is 4. The van der Waals surface area contributed by atoms with Crippen molar-refractivity contribution < 1.29 is 34.6 Å². The molecule has 3 heterocycles. The van der Waals surface area contributed by atoms with Crippen LogP contribution in [0.1, 0.15) is 36.1 Å². The third-order valence-electron chi connectivity index (χ3n) is 7.97. The molecule has 0 aromatic heterocycles. The SMILES string of the molecule is CCN(CC)c1ccc2c(c1)[Se]c1cc(O[C@@H]3O[C@H](CO)[C@@H](O)[C@H](O)[C@H]3O)ccc1C21OCc2ccccc21. The zero-order valence-electron chi connectivity index (χ0n) is 21.9. The quantitative estimate of drug-likeness (QED) is 0.304. The van der Waals surface area contributed by atoms with Crippen LogP contribution in [0.15, 0.2) is 60.7 Å². The van der Waals surface area contributed by atoms with Gasteiger partial charge in [0.2, 0.25) is 0 Å². The molecule has 0 radical (unpaired) electrons. The number of aliphatic hydroxyl groups excluding tert-OH is 4. The van der Waals surface area contributed by atoms with E-state index in [9.17, 15) is 20.4 Å². The average molecular weight is 599 g/mol. The van der Waals surface area contributed by atoms with Crippen molar-refractivity contribution in [3.05, 3.63) is 82.9 Å². The van der Waals surface area contributed by atoms with Crippen LogP contribution in [0, 0.1) is 0 Å². The number of anilines is 1. The van der Waals surface area contributed by atoms with Crippen LogP contribution in [-0.4, -0.2) is 85.8 Å². The molecule has 3 aliphatic rings. The van der Waals surface area contributed by atoms with Crippen LogP contribution in [0.25, 0.3) is 0 Å². The minimum atomic E-state index is -1.50. The van der Waals surface area contributed by atoms with Gasteiger partial charge in [-0.25, -0.2) is 0 Å². The van der Waals surface area contributed by atoms with Crippen molar-refractivity contribution in [1.82, 2.24) is 0 Å². The Kier molecular flexibility index (Phi) is 7.20. The average Bonchev–Trinajstić information content (AvgIpc) is 3.34. The number of benzene rings is 3. The first-order valence-electron chi connectivity index (χ1n) is 13.3. The predicted molar refractivity (Wildman–Crippen MR) is 147 cm³/mol. The fraction of sp³-hybridized carbons (Fsp3) is 0.400. The van der Waals surface area contributed by atoms with Crippen molar-refractivity contribution in [3.63, 3.8) is 0 Å². The summed E-state index contributed by atoms with van der Waals surface area (Å²) >= 11 is -0.0608. The van der Waals surface area contributed by atoms with Crippen molar-refractivity contribution in [1.29, 1.82) is 0 Å². The molecule has 6 rings (SSSR count). The van der Waals surface area contributed by atoms with Crippen LogP contribution in [0.4, 0.5) is 5.69 Å². The molecule has 3 aromatic carbocycles. The monoisotopic (exact) mass is 599 g/mol. The van der Waals surface area contributed by atoms with Crippen molar-refractivity contribution >= 4 is 29.6 Å². The molecule has 4 N–H and O–H groups in total. The van der Waals surface area contributed by atoms with E-state index in [2.05, 4.69) is 55.1 Å². The molecule has 206 valence electrons. The molecule has 3 aliphatic heterocycles. The number of ether oxygens (including phenoxy) is 3. The number of fused-ring (bicyclic) bond motifs is 6. The summed E-state index contributed by atoms with van der Waals surface area (Å²) in [6.07, 6.45) is -6.69. The molecule has 8 nitrogen and oxygen atoms in total. The van der Waals surface area contributed by atoms with E-state index in [1.165, 1.54) is 21.3 Å². The summed E-state index contributed by atoms with van der Waals surface area (Å²) in [5.41, 5.74) is 4.99. The molecule has 39 heavy (non-hydrogen) atoms. The summed E-state index contributed by atoms with van der Waals surface area (Å²) in [4.78, 5) is 2.33. The van der Waals surface area contributed by atoms with Crippen LogP contribution >= 0.6 is 0 Å². The molecule has 9 heteroatoms. The van der Waals surface area contributed by atoms with Gasteiger partial charge in [-0.15, -0.1) is 0 Å². The van der Waals surface area contributed by atoms with Crippen LogP contribution in [0.2, 0.25) is 0 Å². The van der Waals surface area contributed by atoms with E-state index in [4.69, 9.17) is 14.2 Å². The number of nitrogens with zero attached hydrogens (tertiary/aromatic N) is 1. The van der Waals surface area contributed by atoms with Crippen molar-refractivity contribution in [2.75, 3.05) is 24.6 Å². The van der Waals surface area contributed by atoms with Gasteiger partial charge in [0.25, 0.3) is 0 Å². The van der Waals surface area contributed by atoms with Gasteiger partial charge in [0.15, 0.2) is 0 Å². The topological polar surface area (TPSA) is 112 Å². The number of aliphatic hydroxyl groups is 4. The molecule has 6 atom stereocenters. The third kappa shape index (κ3) is 4.29. The van der Waals surface area contributed by atoms with E-state index in [-0.39, 0.29) is 15.0 Å². The summed E-state index contributed by atoms with van der Waals surface area (Å²) in [6.45, 7) is 6.15. The molecule has 3 aromatic rings. The van der Waals surface area contributed by atoms with Crippen LogP contribution < -0.4 is 18.6 Å². The molecular weight excluding hydrogens is 565 g/mol. The zero-order valence-corrected chi connectivity index (χ0v) is 23.6. The maximum absolute atomic E-state index is 10.5. The molecule has 0 bridgehead atoms. The Morgan fingerprint density at radius 3 is 2.36 bits per heavy atom. The van der Waals surface area contributed by atoms with Crippen molar-refractivity contribution in [2.24, 2.45) is 0 Å². The first-order chi connectivity index (χ1) is 18.9. The Hall–Kier alpha value is -2.46. The van der Waals surface area contributed by atoms with Gasteiger partial charge < -0.3 is 0 Å². The standard InChI is InChI=1S/C30H33NO7Se/c1-3-31(4-2)18-9-11-21-24(13-18)39-25-14-19(37-29-28(35)27(34)26(33)23(15-32)38-29)10-12-22(25)30(21)20-8-6-5-7-17(20)16-36-30/h5-14,23,26-29,32-35H,3-4,15-16H2,1-2H3/t23-,26-,27+,28-,29-,30?/m1/s1. The van der Waals surface area contributed by atoms with Gasteiger partial charge in [0.05, 0.1) is 0 Å². The van der Waals surface area contributed by atoms with E-state index < -0.39 is 42.9 Å². The fourth-order valence-corrected chi connectivity index (χ4v) is 8.48. The molecule has 1 unspecified atom stereocenters. The second-order valence-corrected chi connectivity index (χ2v) is 12.3. The Balaban J connectivity index is 1.42. The van der Waals surface area contributed by atoms with Crippen LogP contribution in [0.5, 0.6) is 5.75 Å². The van der Waals surface area contributed by atoms with Gasteiger partial charge >= 0.3 is 234 Å². The summed E-state index contributed by atoms with van der Waals surface area (Å²) in [7, 11) is 0. The maximum atomic E-state index is 10.5. The number of hydrogen-bond acceptors (Lipinski definition) is 8. The van der Waals surface area contributed by atoms with Gasteiger partial charge in [-0.05, 0) is 0 Å². The second kappa shape index (κ2) is 10.5. The van der Waals surface area contributed by atoms with Gasteiger partial charge in [0.1, 0.15) is 0 Å². The fourth-order valence-electron chi connectivity index (χ4n) is 5.88. The van der Waals surface area contributed by atoms with E-state index in [0.717, 1.165) is 28.7 Å². The van der Waals surface area contributed by atoms with Gasteiger partial charge in [-0.1, -0.05) is 0 Å². The molecule has 0 aliphatic carbocycles. The van der Waals surface area contributed by atoms with E-state index >= 15 is 0 Å². The molecule has 0 amide bonds. The van der Waals surface area contributed by atoms with Crippen LogP contribution in [-0.2, 0) is 21.7 Å². The first-order valence-corrected chi connectivity index (χ1v) is 15.0. The molecular formula is C30H33NO7Se. The summed E-state index contributed by atoms with van der Waals surface area (Å²) in [5.74, 6) is 0.463. The van der Waals surface area contributed by atoms with Crippen LogP contribution in [0.3, 0.4) is 0 Å². The minimum absolute atomic E-state index is 0.0608. The molecule has 0 saturated carbocycles. The van der Waals surface area contributed by atoms with Crippen molar-refractivity contribution in [3.8, 4) is 5.75 Å². The van der Waals surface area contributed by atoms with Crippen molar-refractivity contribution in [2.45, 2.75) is 56.8 Å². The van der Waals surface area contributed by atoms with Gasteiger partial charge in [-0.2, -0.15) is 0 Å². The predicted octanol–water partition coefficient (Wildman–Crippen LogP) is 0.502. The Morgan fingerprint density at radius 2 is 1.62 bits per heavy atom. The Morgan fingerprint density at radius 1 is 0.897 bits per heavy atom. The second-order valence-electron chi connectivity index (χ2n) is 10.1. The summed E-state index contributed by atoms with van der Waals surface area (Å²) in [6, 6.07) is 20.8. The summed E-state index contributed by atoms with van der Waals surface area (Å²) in [5, 5.41) is 40.4. The summed E-state index contributed by atoms with van der Waals surface area (Å²) < 4.78 is 20.6. The van der Waals surface area contributed by atoms with Gasteiger partial charge in [0, 0.05) is 0 Å². The molecule has 1 fully saturated rings. The Labute approximate surface area is 233 Å². The number of rotatable bonds is 6. The van der Waals surface area contributed by atoms with E-state index in [0.29, 0.717) is 12.4 Å². The first kappa shape index (κ1) is 26.7. The third-order valence-corrected chi connectivity index (χ3v) is 10.3. The normalized spacial score (nSPS) is 29.0. The Bertz CT molecular complexity index is 1360.